The van der Waals surface area contributed by atoms with E-state index in [1.165, 1.54) is 25.7 Å². The number of aromatic hydroxyl groups is 2. The van der Waals surface area contributed by atoms with Crippen molar-refractivity contribution in [3.63, 3.8) is 0 Å². The lowest BCUT2D eigenvalue weighted by molar-refractivity contribution is 0.232. The number of unbranched alkanes of at least 4 members (excludes halogenated alkanes) is 2. The fourth-order valence-electron chi connectivity index (χ4n) is 5.82. The van der Waals surface area contributed by atoms with E-state index in [1.807, 2.05) is 12.1 Å². The first kappa shape index (κ1) is 33.5. The summed E-state index contributed by atoms with van der Waals surface area (Å²) in [5, 5.41) is 22.2. The number of phenolic OH excluding ortho intramolecular Hbond substituents is 2. The van der Waals surface area contributed by atoms with Crippen molar-refractivity contribution < 1.29 is 19.7 Å². The molecule has 1 fully saturated rings. The van der Waals surface area contributed by atoms with Crippen LogP contribution >= 0.6 is 0 Å². The average molecular weight is 605 g/mol. The molecule has 3 aromatic rings. The lowest BCUT2D eigenvalue weighted by Gasteiger charge is -2.20. The van der Waals surface area contributed by atoms with Crippen molar-refractivity contribution in [1.29, 1.82) is 0 Å². The zero-order chi connectivity index (χ0) is 31.5. The molecule has 8 heteroatoms. The molecule has 3 atom stereocenters. The first-order valence-corrected chi connectivity index (χ1v) is 16.7. The van der Waals surface area contributed by atoms with Gasteiger partial charge in [-0.1, -0.05) is 66.2 Å². The number of rotatable bonds is 17. The molecule has 1 saturated heterocycles. The predicted molar refractivity (Wildman–Crippen MR) is 176 cm³/mol. The molecule has 2 aromatic carbocycles. The monoisotopic (exact) mass is 604 g/mol. The quantitative estimate of drug-likeness (QED) is 0.158. The SMILES string of the molecule is CCCCC(CC)COc1ccc(-c2nc(-c3ccc(OCC(CC)CCCC)cc3O)nc(C3CCCN3C)n2)c(O)c1. The molecular weight excluding hydrogens is 552 g/mol. The molecule has 44 heavy (non-hydrogen) atoms. The summed E-state index contributed by atoms with van der Waals surface area (Å²) in [6.07, 6.45) is 11.1. The summed E-state index contributed by atoms with van der Waals surface area (Å²) in [6.45, 7) is 11.0. The molecule has 1 aliphatic heterocycles. The van der Waals surface area contributed by atoms with Crippen LogP contribution in [0.1, 0.15) is 104 Å². The Kier molecular flexibility index (Phi) is 12.7. The zero-order valence-electron chi connectivity index (χ0n) is 27.4. The van der Waals surface area contributed by atoms with Gasteiger partial charge < -0.3 is 19.7 Å². The van der Waals surface area contributed by atoms with Crippen molar-refractivity contribution in [3.8, 4) is 45.8 Å². The molecule has 2 heterocycles. The highest BCUT2D eigenvalue weighted by Gasteiger charge is 2.27. The molecule has 0 bridgehead atoms. The van der Waals surface area contributed by atoms with E-state index in [9.17, 15) is 10.2 Å². The van der Waals surface area contributed by atoms with Crippen molar-refractivity contribution in [2.45, 2.75) is 97.9 Å². The fraction of sp³-hybridized carbons (Fsp3) is 0.583. The van der Waals surface area contributed by atoms with Gasteiger partial charge in [0.1, 0.15) is 28.8 Å². The van der Waals surface area contributed by atoms with Gasteiger partial charge in [-0.2, -0.15) is 0 Å². The summed E-state index contributed by atoms with van der Waals surface area (Å²) in [6, 6.07) is 10.6. The van der Waals surface area contributed by atoms with E-state index >= 15 is 0 Å². The molecule has 3 unspecified atom stereocenters. The number of likely N-dealkylation sites (tertiary alicyclic amines) is 1. The Morgan fingerprint density at radius 1 is 0.773 bits per heavy atom. The summed E-state index contributed by atoms with van der Waals surface area (Å²) in [5.41, 5.74) is 0.996. The van der Waals surface area contributed by atoms with Crippen LogP contribution < -0.4 is 9.47 Å². The number of benzene rings is 2. The van der Waals surface area contributed by atoms with Gasteiger partial charge in [-0.05, 0) is 75.4 Å². The summed E-state index contributed by atoms with van der Waals surface area (Å²) >= 11 is 0. The summed E-state index contributed by atoms with van der Waals surface area (Å²) < 4.78 is 12.1. The minimum absolute atomic E-state index is 0.0354. The number of phenols is 2. The van der Waals surface area contributed by atoms with E-state index < -0.39 is 0 Å². The van der Waals surface area contributed by atoms with Crippen molar-refractivity contribution >= 4 is 0 Å². The van der Waals surface area contributed by atoms with Gasteiger partial charge in [-0.15, -0.1) is 0 Å². The molecule has 2 N–H and O–H groups in total. The van der Waals surface area contributed by atoms with E-state index in [0.717, 1.165) is 45.1 Å². The summed E-state index contributed by atoms with van der Waals surface area (Å²) in [5.74, 6) is 3.70. The van der Waals surface area contributed by atoms with Crippen LogP contribution in [0, 0.1) is 11.8 Å². The molecule has 0 aliphatic carbocycles. The minimum atomic E-state index is 0.0354. The molecule has 0 radical (unpaired) electrons. The van der Waals surface area contributed by atoms with E-state index in [0.29, 0.717) is 65.1 Å². The number of aromatic nitrogens is 3. The van der Waals surface area contributed by atoms with Gasteiger partial charge in [0.25, 0.3) is 0 Å². The third-order valence-corrected chi connectivity index (χ3v) is 8.95. The Labute approximate surface area is 263 Å². The van der Waals surface area contributed by atoms with Crippen LogP contribution in [0.3, 0.4) is 0 Å². The second kappa shape index (κ2) is 16.6. The van der Waals surface area contributed by atoms with E-state index in [2.05, 4.69) is 39.6 Å². The van der Waals surface area contributed by atoms with Crippen LogP contribution in [0.5, 0.6) is 23.0 Å². The Morgan fingerprint density at radius 3 is 1.66 bits per heavy atom. The summed E-state index contributed by atoms with van der Waals surface area (Å²) in [7, 11) is 2.07. The van der Waals surface area contributed by atoms with E-state index in [4.69, 9.17) is 24.4 Å². The lowest BCUT2D eigenvalue weighted by atomic mass is 10.0. The highest BCUT2D eigenvalue weighted by molar-refractivity contribution is 5.70. The number of ether oxygens (including phenoxy) is 2. The van der Waals surface area contributed by atoms with Gasteiger partial charge in [0.2, 0.25) is 0 Å². The van der Waals surface area contributed by atoms with Gasteiger partial charge >= 0.3 is 0 Å². The van der Waals surface area contributed by atoms with Gasteiger partial charge in [0.05, 0.1) is 30.4 Å². The van der Waals surface area contributed by atoms with Crippen molar-refractivity contribution in [3.05, 3.63) is 42.2 Å². The molecule has 4 rings (SSSR count). The fourth-order valence-corrected chi connectivity index (χ4v) is 5.82. The molecule has 240 valence electrons. The number of nitrogens with zero attached hydrogens (tertiary/aromatic N) is 4. The standard InChI is InChI=1S/C36H52N4O4/c1-6-10-13-25(8-3)23-43-27-16-18-29(32(41)21-27)34-37-35(39-36(38-34)31-15-12-20-40(31)5)30-19-17-28(22-33(30)42)44-24-26(9-4)14-11-7-2/h16-19,21-22,25-26,31,41-42H,6-15,20,23-24H2,1-5H3. The van der Waals surface area contributed by atoms with Crippen molar-refractivity contribution in [2.24, 2.45) is 11.8 Å². The third kappa shape index (κ3) is 8.84. The lowest BCUT2D eigenvalue weighted by Crippen LogP contribution is -2.20. The Hall–Kier alpha value is -3.39. The number of hydrogen-bond donors (Lipinski definition) is 2. The van der Waals surface area contributed by atoms with Crippen LogP contribution in [-0.2, 0) is 0 Å². The van der Waals surface area contributed by atoms with Crippen LogP contribution in [-0.4, -0.2) is 56.9 Å². The smallest absolute Gasteiger partial charge is 0.167 e. The van der Waals surface area contributed by atoms with Gasteiger partial charge in [-0.3, -0.25) is 4.90 Å². The third-order valence-electron chi connectivity index (χ3n) is 8.95. The summed E-state index contributed by atoms with van der Waals surface area (Å²) in [4.78, 5) is 16.7. The normalized spacial score (nSPS) is 16.6. The maximum absolute atomic E-state index is 11.1. The highest BCUT2D eigenvalue weighted by atomic mass is 16.5. The van der Waals surface area contributed by atoms with Gasteiger partial charge in [0.15, 0.2) is 11.6 Å². The maximum Gasteiger partial charge on any atom is 0.167 e. The van der Waals surface area contributed by atoms with Crippen LogP contribution in [0.4, 0.5) is 0 Å². The second-order valence-corrected chi connectivity index (χ2v) is 12.3. The number of hydrogen-bond acceptors (Lipinski definition) is 8. The maximum atomic E-state index is 11.1. The van der Waals surface area contributed by atoms with Gasteiger partial charge in [0, 0.05) is 12.1 Å². The molecular formula is C36H52N4O4. The molecule has 1 aromatic heterocycles. The minimum Gasteiger partial charge on any atom is -0.507 e. The average Bonchev–Trinajstić information content (AvgIpc) is 3.47. The van der Waals surface area contributed by atoms with Gasteiger partial charge in [-0.25, -0.2) is 15.0 Å². The Balaban J connectivity index is 1.60. The topological polar surface area (TPSA) is 101 Å². The second-order valence-electron chi connectivity index (χ2n) is 12.3. The van der Waals surface area contributed by atoms with Crippen molar-refractivity contribution in [2.75, 3.05) is 26.8 Å². The highest BCUT2D eigenvalue weighted by Crippen LogP contribution is 2.37. The zero-order valence-corrected chi connectivity index (χ0v) is 27.4. The Morgan fingerprint density at radius 2 is 1.27 bits per heavy atom. The molecule has 0 saturated carbocycles. The van der Waals surface area contributed by atoms with Crippen LogP contribution in [0.25, 0.3) is 22.8 Å². The Bertz CT molecular complexity index is 1250. The first-order valence-electron chi connectivity index (χ1n) is 16.7. The van der Waals surface area contributed by atoms with E-state index in [-0.39, 0.29) is 17.5 Å². The van der Waals surface area contributed by atoms with Crippen molar-refractivity contribution in [1.82, 2.24) is 19.9 Å². The molecule has 1 aliphatic rings. The largest absolute Gasteiger partial charge is 0.507 e. The van der Waals surface area contributed by atoms with Crippen LogP contribution in [0.2, 0.25) is 0 Å². The predicted octanol–water partition coefficient (Wildman–Crippen LogP) is 8.57. The van der Waals surface area contributed by atoms with E-state index in [1.54, 1.807) is 24.3 Å². The molecule has 0 spiro atoms. The first-order chi connectivity index (χ1) is 21.4. The molecule has 0 amide bonds. The van der Waals surface area contributed by atoms with Crippen LogP contribution in [0.15, 0.2) is 36.4 Å². The molecule has 8 nitrogen and oxygen atoms in total.